The number of carbonyl (C=O) groups is 1. The van der Waals surface area contributed by atoms with E-state index in [9.17, 15) is 4.79 Å². The molecular formula is C37H46N2O2. The quantitative estimate of drug-likeness (QED) is 0.0719. The second-order valence-corrected chi connectivity index (χ2v) is 11.9. The first kappa shape index (κ1) is 29.1. The summed E-state index contributed by atoms with van der Waals surface area (Å²) in [5.41, 5.74) is 10.2. The number of rotatable bonds is 13. The topological polar surface area (TPSA) is 43.6 Å². The van der Waals surface area contributed by atoms with Crippen molar-refractivity contribution in [2.24, 2.45) is 5.16 Å². The Balaban J connectivity index is 1.70. The van der Waals surface area contributed by atoms with Crippen LogP contribution in [0.3, 0.4) is 0 Å². The van der Waals surface area contributed by atoms with E-state index in [1.807, 2.05) is 6.92 Å². The fourth-order valence-corrected chi connectivity index (χ4v) is 7.17. The number of carbonyl (C=O) groups excluding carboxylic acids is 1. The van der Waals surface area contributed by atoms with Gasteiger partial charge < -0.3 is 9.40 Å². The van der Waals surface area contributed by atoms with Crippen LogP contribution in [0, 0.1) is 0 Å². The van der Waals surface area contributed by atoms with E-state index in [1.54, 1.807) is 0 Å². The molecule has 0 radical (unpaired) electrons. The predicted octanol–water partition coefficient (Wildman–Crippen LogP) is 10.3. The van der Waals surface area contributed by atoms with E-state index >= 15 is 0 Å². The highest BCUT2D eigenvalue weighted by atomic mass is 16.7. The molecule has 0 spiro atoms. The van der Waals surface area contributed by atoms with Gasteiger partial charge in [-0.25, -0.2) is 4.79 Å². The van der Waals surface area contributed by atoms with Crippen LogP contribution >= 0.6 is 0 Å². The third-order valence-corrected chi connectivity index (χ3v) is 9.21. The zero-order valence-corrected chi connectivity index (χ0v) is 25.7. The van der Waals surface area contributed by atoms with Gasteiger partial charge in [-0.15, -0.1) is 0 Å². The second-order valence-electron chi connectivity index (χ2n) is 11.9. The molecule has 0 saturated heterocycles. The molecule has 4 aromatic rings. The van der Waals surface area contributed by atoms with Gasteiger partial charge in [0.05, 0.1) is 5.71 Å². The molecule has 216 valence electrons. The maximum atomic E-state index is 11.3. The SMILES string of the molecule is CCCCCCC1(CCCCCC)c2ccccc2-c2cc3c4cc(/C(C)=N/OC(C)=O)ccc4n(CC)c3cc21. The van der Waals surface area contributed by atoms with Gasteiger partial charge in [0.15, 0.2) is 0 Å². The number of nitrogens with zero attached hydrogens (tertiary/aromatic N) is 2. The van der Waals surface area contributed by atoms with Crippen molar-refractivity contribution in [3.63, 3.8) is 0 Å². The maximum absolute atomic E-state index is 11.3. The van der Waals surface area contributed by atoms with Gasteiger partial charge >= 0.3 is 5.97 Å². The largest absolute Gasteiger partial charge is 0.341 e. The zero-order valence-electron chi connectivity index (χ0n) is 25.7. The van der Waals surface area contributed by atoms with Crippen molar-refractivity contribution in [3.05, 3.63) is 71.3 Å². The van der Waals surface area contributed by atoms with Crippen LogP contribution in [0.1, 0.15) is 116 Å². The molecule has 0 amide bonds. The summed E-state index contributed by atoms with van der Waals surface area (Å²) in [5.74, 6) is -0.407. The van der Waals surface area contributed by atoms with E-state index in [0.717, 1.165) is 12.1 Å². The summed E-state index contributed by atoms with van der Waals surface area (Å²) in [6.07, 6.45) is 12.7. The minimum Gasteiger partial charge on any atom is -0.341 e. The Bertz CT molecular complexity index is 1560. The van der Waals surface area contributed by atoms with Crippen LogP contribution in [0.2, 0.25) is 0 Å². The summed E-state index contributed by atoms with van der Waals surface area (Å²) in [6, 6.07) is 20.7. The van der Waals surface area contributed by atoms with Gasteiger partial charge in [-0.1, -0.05) is 101 Å². The third kappa shape index (κ3) is 5.46. The van der Waals surface area contributed by atoms with Gasteiger partial charge in [0, 0.05) is 40.7 Å². The lowest BCUT2D eigenvalue weighted by Gasteiger charge is -2.33. The molecular weight excluding hydrogens is 504 g/mol. The molecule has 0 N–H and O–H groups in total. The molecule has 4 nitrogen and oxygen atoms in total. The Morgan fingerprint density at radius 2 is 1.44 bits per heavy atom. The van der Waals surface area contributed by atoms with Crippen LogP contribution in [0.15, 0.2) is 59.8 Å². The highest BCUT2D eigenvalue weighted by Crippen LogP contribution is 2.55. The van der Waals surface area contributed by atoms with Crippen LogP contribution in [0.4, 0.5) is 0 Å². The van der Waals surface area contributed by atoms with Crippen LogP contribution in [-0.2, 0) is 21.6 Å². The number of hydrogen-bond donors (Lipinski definition) is 0. The normalized spacial score (nSPS) is 14.0. The number of unbranched alkanes of at least 4 members (excludes halogenated alkanes) is 6. The van der Waals surface area contributed by atoms with Crippen LogP contribution in [0.25, 0.3) is 32.9 Å². The molecule has 5 rings (SSSR count). The smallest absolute Gasteiger partial charge is 0.331 e. The molecule has 1 heterocycles. The number of fused-ring (bicyclic) bond motifs is 6. The molecule has 3 aromatic carbocycles. The summed E-state index contributed by atoms with van der Waals surface area (Å²) >= 11 is 0. The van der Waals surface area contributed by atoms with Crippen LogP contribution < -0.4 is 0 Å². The number of aromatic nitrogens is 1. The molecule has 0 saturated carbocycles. The van der Waals surface area contributed by atoms with Gasteiger partial charge in [0.25, 0.3) is 0 Å². The van der Waals surface area contributed by atoms with Crippen molar-refractivity contribution in [1.29, 1.82) is 0 Å². The molecule has 1 aliphatic rings. The molecule has 0 unspecified atom stereocenters. The minimum absolute atomic E-state index is 0.0784. The number of hydrogen-bond acceptors (Lipinski definition) is 3. The lowest BCUT2D eigenvalue weighted by molar-refractivity contribution is -0.140. The fraction of sp³-hybridized carbons (Fsp3) is 0.459. The Labute approximate surface area is 245 Å². The van der Waals surface area contributed by atoms with E-state index in [0.29, 0.717) is 5.71 Å². The van der Waals surface area contributed by atoms with Crippen molar-refractivity contribution in [2.75, 3.05) is 0 Å². The van der Waals surface area contributed by atoms with E-state index in [2.05, 4.69) is 85.1 Å². The van der Waals surface area contributed by atoms with Crippen LogP contribution in [-0.4, -0.2) is 16.2 Å². The first-order valence-corrected chi connectivity index (χ1v) is 15.9. The van der Waals surface area contributed by atoms with Gasteiger partial charge in [0.2, 0.25) is 0 Å². The third-order valence-electron chi connectivity index (χ3n) is 9.21. The molecule has 0 aliphatic heterocycles. The molecule has 1 aliphatic carbocycles. The minimum atomic E-state index is -0.407. The zero-order chi connectivity index (χ0) is 29.0. The van der Waals surface area contributed by atoms with Gasteiger partial charge in [-0.3, -0.25) is 0 Å². The van der Waals surface area contributed by atoms with Gasteiger partial charge in [-0.05, 0) is 78.8 Å². The maximum Gasteiger partial charge on any atom is 0.331 e. The number of oxime groups is 1. The van der Waals surface area contributed by atoms with E-state index in [1.165, 1.54) is 115 Å². The average Bonchev–Trinajstić information content (AvgIpc) is 3.44. The first-order chi connectivity index (χ1) is 19.9. The molecule has 4 heteroatoms. The Morgan fingerprint density at radius 3 is 2.10 bits per heavy atom. The van der Waals surface area contributed by atoms with Gasteiger partial charge in [0.1, 0.15) is 0 Å². The Kier molecular flexibility index (Phi) is 8.97. The van der Waals surface area contributed by atoms with Crippen molar-refractivity contribution >= 4 is 33.5 Å². The predicted molar refractivity (Wildman–Crippen MR) is 173 cm³/mol. The number of benzene rings is 3. The summed E-state index contributed by atoms with van der Waals surface area (Å²) in [5, 5.41) is 6.56. The molecule has 41 heavy (non-hydrogen) atoms. The summed E-state index contributed by atoms with van der Waals surface area (Å²) in [6.45, 7) is 11.0. The summed E-state index contributed by atoms with van der Waals surface area (Å²) in [7, 11) is 0. The summed E-state index contributed by atoms with van der Waals surface area (Å²) in [4.78, 5) is 16.3. The first-order valence-electron chi connectivity index (χ1n) is 15.9. The van der Waals surface area contributed by atoms with Gasteiger partial charge in [-0.2, -0.15) is 0 Å². The lowest BCUT2D eigenvalue weighted by atomic mass is 9.70. The second kappa shape index (κ2) is 12.6. The number of aryl methyl sites for hydroxylation is 1. The Hall–Kier alpha value is -3.40. The van der Waals surface area contributed by atoms with Crippen molar-refractivity contribution in [2.45, 2.75) is 111 Å². The summed E-state index contributed by atoms with van der Waals surface area (Å²) < 4.78 is 2.47. The highest BCUT2D eigenvalue weighted by Gasteiger charge is 2.42. The van der Waals surface area contributed by atoms with E-state index in [4.69, 9.17) is 4.84 Å². The lowest BCUT2D eigenvalue weighted by Crippen LogP contribution is -2.25. The Morgan fingerprint density at radius 1 is 0.756 bits per heavy atom. The standard InChI is InChI=1S/C37H46N2O2/c1-6-9-11-15-21-37(22-16-12-10-7-2)33-18-14-13-17-29(33)30-24-32-31-23-28(26(4)38-41-27(5)40)19-20-35(31)39(8-3)36(32)25-34(30)37/h13-14,17-20,23-25H,6-12,15-16,21-22H2,1-5H3/b38-26+. The van der Waals surface area contributed by atoms with E-state index in [-0.39, 0.29) is 5.41 Å². The average molecular weight is 551 g/mol. The monoisotopic (exact) mass is 550 g/mol. The van der Waals surface area contributed by atoms with Crippen LogP contribution in [0.5, 0.6) is 0 Å². The van der Waals surface area contributed by atoms with E-state index < -0.39 is 5.97 Å². The molecule has 0 bridgehead atoms. The highest BCUT2D eigenvalue weighted by molar-refractivity contribution is 6.13. The molecule has 0 atom stereocenters. The van der Waals surface area contributed by atoms with Crippen molar-refractivity contribution < 1.29 is 9.63 Å². The molecule has 1 aromatic heterocycles. The molecule has 0 fully saturated rings. The van der Waals surface area contributed by atoms with Crippen molar-refractivity contribution in [3.8, 4) is 11.1 Å². The van der Waals surface area contributed by atoms with Crippen molar-refractivity contribution in [1.82, 2.24) is 4.57 Å². The fourth-order valence-electron chi connectivity index (χ4n) is 7.17.